The number of carboxylic acid groups (broad SMARTS) is 1. The molecule has 5 nitrogen and oxygen atoms in total. The molecule has 0 amide bonds. The van der Waals surface area contributed by atoms with Crippen molar-refractivity contribution in [2.75, 3.05) is 19.8 Å². The Morgan fingerprint density at radius 2 is 1.96 bits per heavy atom. The molecule has 2 aromatic rings. The fourth-order valence-corrected chi connectivity index (χ4v) is 5.33. The van der Waals surface area contributed by atoms with Crippen LogP contribution in [-0.2, 0) is 4.79 Å². The Bertz CT molecular complexity index is 809. The number of hydrogen-bond donors (Lipinski definition) is 1. The summed E-state index contributed by atoms with van der Waals surface area (Å²) in [4.78, 5) is 15.2. The van der Waals surface area contributed by atoms with E-state index < -0.39 is 12.0 Å². The van der Waals surface area contributed by atoms with E-state index >= 15 is 0 Å². The van der Waals surface area contributed by atoms with Crippen molar-refractivity contribution in [3.8, 4) is 11.5 Å². The van der Waals surface area contributed by atoms with Gasteiger partial charge in [-0.15, -0.1) is 11.3 Å². The molecule has 0 spiro atoms. The summed E-state index contributed by atoms with van der Waals surface area (Å²) in [7, 11) is 0. The lowest BCUT2D eigenvalue weighted by Gasteiger charge is -2.39. The van der Waals surface area contributed by atoms with E-state index in [1.54, 1.807) is 11.3 Å². The maximum atomic E-state index is 12.0. The minimum atomic E-state index is -0.753. The van der Waals surface area contributed by atoms with Gasteiger partial charge >= 0.3 is 5.97 Å². The molecule has 1 aliphatic rings. The fourth-order valence-electron chi connectivity index (χ4n) is 3.76. The molecular weight excluding hydrogens is 442 g/mol. The highest BCUT2D eigenvalue weighted by atomic mass is 79.9. The lowest BCUT2D eigenvalue weighted by Crippen LogP contribution is -2.46. The van der Waals surface area contributed by atoms with E-state index in [2.05, 4.69) is 26.9 Å². The zero-order valence-corrected chi connectivity index (χ0v) is 18.6. The van der Waals surface area contributed by atoms with Crippen molar-refractivity contribution in [2.45, 2.75) is 45.2 Å². The van der Waals surface area contributed by atoms with E-state index in [0.29, 0.717) is 31.1 Å². The minimum absolute atomic E-state index is 0.132. The molecule has 0 aliphatic carbocycles. The van der Waals surface area contributed by atoms with Crippen LogP contribution in [0.25, 0.3) is 0 Å². The smallest absolute Gasteiger partial charge is 0.320 e. The van der Waals surface area contributed by atoms with E-state index in [4.69, 9.17) is 9.47 Å². The highest BCUT2D eigenvalue weighted by Gasteiger charge is 2.36. The maximum absolute atomic E-state index is 12.0. The molecule has 1 aromatic heterocycles. The minimum Gasteiger partial charge on any atom is -0.490 e. The number of piperidine rings is 1. The molecule has 1 aromatic carbocycles. The predicted octanol–water partition coefficient (Wildman–Crippen LogP) is 5.34. The highest BCUT2D eigenvalue weighted by molar-refractivity contribution is 9.11. The maximum Gasteiger partial charge on any atom is 0.320 e. The predicted molar refractivity (Wildman–Crippen MR) is 115 cm³/mol. The van der Waals surface area contributed by atoms with Crippen LogP contribution in [0.2, 0.25) is 0 Å². The number of thiophene rings is 1. The van der Waals surface area contributed by atoms with Crippen LogP contribution < -0.4 is 9.47 Å². The van der Waals surface area contributed by atoms with Crippen molar-refractivity contribution in [1.29, 1.82) is 0 Å². The summed E-state index contributed by atoms with van der Waals surface area (Å²) in [6.45, 7) is 5.75. The number of aliphatic carboxylic acids is 1. The number of benzene rings is 1. The van der Waals surface area contributed by atoms with Gasteiger partial charge in [0.1, 0.15) is 6.04 Å². The molecule has 1 aliphatic heterocycles. The molecule has 1 fully saturated rings. The zero-order valence-electron chi connectivity index (χ0n) is 16.2. The summed E-state index contributed by atoms with van der Waals surface area (Å²) in [6.07, 6.45) is 2.62. The first-order chi connectivity index (χ1) is 13.5. The molecule has 0 bridgehead atoms. The van der Waals surface area contributed by atoms with Crippen molar-refractivity contribution in [3.63, 3.8) is 0 Å². The third kappa shape index (κ3) is 4.70. The van der Waals surface area contributed by atoms with Gasteiger partial charge in [-0.1, -0.05) is 12.5 Å². The summed E-state index contributed by atoms with van der Waals surface area (Å²) in [5.74, 6) is 0.662. The molecule has 28 heavy (non-hydrogen) atoms. The van der Waals surface area contributed by atoms with E-state index in [9.17, 15) is 9.90 Å². The second-order valence-corrected chi connectivity index (χ2v) is 9.20. The Kier molecular flexibility index (Phi) is 7.37. The molecule has 7 heteroatoms. The van der Waals surface area contributed by atoms with Gasteiger partial charge in [-0.3, -0.25) is 9.69 Å². The molecule has 0 saturated carbocycles. The second-order valence-electron chi connectivity index (χ2n) is 6.70. The van der Waals surface area contributed by atoms with Gasteiger partial charge in [-0.05, 0) is 79.0 Å². The van der Waals surface area contributed by atoms with Crippen molar-refractivity contribution < 1.29 is 19.4 Å². The van der Waals surface area contributed by atoms with E-state index in [1.165, 1.54) is 0 Å². The standard InChI is InChI=1S/C21H26BrNO4S/c1-3-26-16-9-8-14(13-17(16)27-4-2)20(18-10-11-19(22)28-18)23-12-6-5-7-15(23)21(24)25/h8-11,13,15,20H,3-7,12H2,1-2H3,(H,24,25). The largest absolute Gasteiger partial charge is 0.490 e. The lowest BCUT2D eigenvalue weighted by atomic mass is 9.95. The van der Waals surface area contributed by atoms with Gasteiger partial charge in [0.25, 0.3) is 0 Å². The Labute approximate surface area is 178 Å². The quantitative estimate of drug-likeness (QED) is 0.567. The number of hydrogen-bond acceptors (Lipinski definition) is 5. The first kappa shape index (κ1) is 21.1. The average Bonchev–Trinajstić information content (AvgIpc) is 3.10. The number of halogens is 1. The average molecular weight is 468 g/mol. The molecule has 152 valence electrons. The van der Waals surface area contributed by atoms with Crippen molar-refractivity contribution in [2.24, 2.45) is 0 Å². The van der Waals surface area contributed by atoms with E-state index in [1.807, 2.05) is 38.1 Å². The van der Waals surface area contributed by atoms with Gasteiger partial charge < -0.3 is 14.6 Å². The molecule has 1 saturated heterocycles. The molecule has 2 unspecified atom stereocenters. The van der Waals surface area contributed by atoms with Crippen LogP contribution in [0.1, 0.15) is 49.6 Å². The summed E-state index contributed by atoms with van der Waals surface area (Å²) < 4.78 is 12.6. The number of carboxylic acids is 1. The molecular formula is C21H26BrNO4S. The van der Waals surface area contributed by atoms with Gasteiger partial charge in [0.05, 0.1) is 23.0 Å². The molecule has 0 radical (unpaired) electrons. The highest BCUT2D eigenvalue weighted by Crippen LogP contribution is 2.41. The Morgan fingerprint density at radius 1 is 1.21 bits per heavy atom. The number of likely N-dealkylation sites (tertiary alicyclic amines) is 1. The fraction of sp³-hybridized carbons (Fsp3) is 0.476. The molecule has 2 atom stereocenters. The van der Waals surface area contributed by atoms with E-state index in [0.717, 1.165) is 33.6 Å². The third-order valence-electron chi connectivity index (χ3n) is 4.91. The van der Waals surface area contributed by atoms with Crippen molar-refractivity contribution in [1.82, 2.24) is 4.90 Å². The first-order valence-electron chi connectivity index (χ1n) is 9.68. The van der Waals surface area contributed by atoms with Crippen LogP contribution in [0.3, 0.4) is 0 Å². The van der Waals surface area contributed by atoms with Gasteiger partial charge in [0.2, 0.25) is 0 Å². The molecule has 1 N–H and O–H groups in total. The number of nitrogens with zero attached hydrogens (tertiary/aromatic N) is 1. The zero-order chi connectivity index (χ0) is 20.1. The summed E-state index contributed by atoms with van der Waals surface area (Å²) in [5, 5.41) is 9.82. The van der Waals surface area contributed by atoms with Crippen LogP contribution in [0.15, 0.2) is 34.1 Å². The number of rotatable bonds is 8. The summed E-state index contributed by atoms with van der Waals surface area (Å²) in [5.41, 5.74) is 1.02. The lowest BCUT2D eigenvalue weighted by molar-refractivity contribution is -0.145. The monoisotopic (exact) mass is 467 g/mol. The van der Waals surface area contributed by atoms with Crippen LogP contribution in [0.4, 0.5) is 0 Å². The van der Waals surface area contributed by atoms with Gasteiger partial charge in [-0.25, -0.2) is 0 Å². The van der Waals surface area contributed by atoms with Gasteiger partial charge in [-0.2, -0.15) is 0 Å². The second kappa shape index (κ2) is 9.76. The number of ether oxygens (including phenoxy) is 2. The van der Waals surface area contributed by atoms with Crippen LogP contribution in [0.5, 0.6) is 11.5 Å². The summed E-state index contributed by atoms with van der Waals surface area (Å²) >= 11 is 5.19. The topological polar surface area (TPSA) is 59.0 Å². The molecule has 2 heterocycles. The Morgan fingerprint density at radius 3 is 2.61 bits per heavy atom. The normalized spacial score (nSPS) is 18.6. The van der Waals surface area contributed by atoms with Gasteiger partial charge in [0.15, 0.2) is 11.5 Å². The van der Waals surface area contributed by atoms with Crippen LogP contribution in [-0.4, -0.2) is 41.8 Å². The Hall–Kier alpha value is -1.57. The number of carbonyl (C=O) groups is 1. The summed E-state index contributed by atoms with van der Waals surface area (Å²) in [6, 6.07) is 9.43. The Balaban J connectivity index is 2.06. The molecule has 3 rings (SSSR count). The van der Waals surface area contributed by atoms with Gasteiger partial charge in [0, 0.05) is 4.88 Å². The third-order valence-corrected chi connectivity index (χ3v) is 6.58. The van der Waals surface area contributed by atoms with Crippen LogP contribution in [0, 0.1) is 0 Å². The SMILES string of the molecule is CCOc1ccc(C(c2ccc(Br)s2)N2CCCCC2C(=O)O)cc1OCC. The van der Waals surface area contributed by atoms with Crippen LogP contribution >= 0.6 is 27.3 Å². The van der Waals surface area contributed by atoms with Crippen molar-refractivity contribution >= 4 is 33.2 Å². The van der Waals surface area contributed by atoms with E-state index in [-0.39, 0.29) is 6.04 Å². The van der Waals surface area contributed by atoms with Crippen molar-refractivity contribution in [3.05, 3.63) is 44.6 Å². The first-order valence-corrected chi connectivity index (χ1v) is 11.3.